The highest BCUT2D eigenvalue weighted by Gasteiger charge is 2.43. The number of carbonyl (C=O) groups is 4. The number of hydrogen-bond acceptors (Lipinski definition) is 5. The monoisotopic (exact) mass is 415 g/mol. The molecule has 2 aromatic rings. The van der Waals surface area contributed by atoms with E-state index in [1.54, 1.807) is 26.0 Å². The second-order valence-electron chi connectivity index (χ2n) is 7.33. The summed E-state index contributed by atoms with van der Waals surface area (Å²) < 4.78 is 32.0. The van der Waals surface area contributed by atoms with E-state index < -0.39 is 53.4 Å². The van der Waals surface area contributed by atoms with Crippen molar-refractivity contribution in [1.82, 2.24) is 4.90 Å². The smallest absolute Gasteiger partial charge is 0.329 e. The van der Waals surface area contributed by atoms with E-state index in [9.17, 15) is 28.0 Å². The van der Waals surface area contributed by atoms with Crippen LogP contribution in [-0.4, -0.2) is 41.1 Å². The molecular weight excluding hydrogens is 396 g/mol. The predicted octanol–water partition coefficient (Wildman–Crippen LogP) is 3.40. The van der Waals surface area contributed by atoms with Crippen molar-refractivity contribution in [2.24, 2.45) is 5.92 Å². The van der Waals surface area contributed by atoms with Crippen molar-refractivity contribution in [2.45, 2.75) is 26.3 Å². The maximum atomic E-state index is 13.7. The van der Waals surface area contributed by atoms with Crippen LogP contribution in [0.3, 0.4) is 0 Å². The maximum Gasteiger partial charge on any atom is 0.329 e. The first-order valence-corrected chi connectivity index (χ1v) is 9.32. The third kappa shape index (κ3) is 4.12. The Morgan fingerprint density at radius 3 is 2.17 bits per heavy atom. The first-order valence-electron chi connectivity index (χ1n) is 9.32. The zero-order valence-electron chi connectivity index (χ0n) is 16.4. The van der Waals surface area contributed by atoms with Gasteiger partial charge in [0.2, 0.25) is 5.78 Å². The Morgan fingerprint density at radius 2 is 1.60 bits per heavy atom. The second kappa shape index (κ2) is 8.52. The van der Waals surface area contributed by atoms with Crippen LogP contribution in [0, 0.1) is 17.6 Å². The SMILES string of the molecule is CC(C)C[C@@H](C(=O)OCC(=O)c1cc(F)ccc1F)N1C(=O)c2ccccc2C1=O. The number of hydrogen-bond donors (Lipinski definition) is 0. The molecule has 0 aromatic heterocycles. The molecule has 0 fully saturated rings. The van der Waals surface area contributed by atoms with Gasteiger partial charge < -0.3 is 4.74 Å². The summed E-state index contributed by atoms with van der Waals surface area (Å²) in [6.45, 7) is 2.74. The van der Waals surface area contributed by atoms with Gasteiger partial charge in [0.05, 0.1) is 16.7 Å². The molecule has 0 aliphatic carbocycles. The molecule has 0 bridgehead atoms. The van der Waals surface area contributed by atoms with Crippen molar-refractivity contribution in [2.75, 3.05) is 6.61 Å². The standard InChI is InChI=1S/C22H19F2NO5/c1-12(2)9-18(25-20(27)14-5-3-4-6-15(14)21(25)28)22(29)30-11-19(26)16-10-13(23)7-8-17(16)24/h3-8,10,12,18H,9,11H2,1-2H3/t18-/m0/s1. The lowest BCUT2D eigenvalue weighted by Crippen LogP contribution is -2.46. The van der Waals surface area contributed by atoms with Gasteiger partial charge in [-0.3, -0.25) is 19.3 Å². The highest BCUT2D eigenvalue weighted by molar-refractivity contribution is 6.22. The van der Waals surface area contributed by atoms with E-state index in [0.29, 0.717) is 6.07 Å². The zero-order valence-corrected chi connectivity index (χ0v) is 16.4. The summed E-state index contributed by atoms with van der Waals surface area (Å²) in [7, 11) is 0. The van der Waals surface area contributed by atoms with E-state index in [4.69, 9.17) is 4.74 Å². The summed E-state index contributed by atoms with van der Waals surface area (Å²) in [5.74, 6) is -5.00. The highest BCUT2D eigenvalue weighted by Crippen LogP contribution is 2.27. The maximum absolute atomic E-state index is 13.7. The minimum atomic E-state index is -1.25. The van der Waals surface area contributed by atoms with Gasteiger partial charge in [-0.05, 0) is 42.7 Å². The van der Waals surface area contributed by atoms with Crippen LogP contribution in [0.15, 0.2) is 42.5 Å². The van der Waals surface area contributed by atoms with Gasteiger partial charge in [-0.15, -0.1) is 0 Å². The van der Waals surface area contributed by atoms with Gasteiger partial charge in [0.15, 0.2) is 6.61 Å². The summed E-state index contributed by atoms with van der Waals surface area (Å²) in [6, 6.07) is 7.31. The van der Waals surface area contributed by atoms with Crippen molar-refractivity contribution in [3.63, 3.8) is 0 Å². The zero-order chi connectivity index (χ0) is 22.0. The molecule has 156 valence electrons. The topological polar surface area (TPSA) is 80.8 Å². The van der Waals surface area contributed by atoms with Crippen LogP contribution >= 0.6 is 0 Å². The van der Waals surface area contributed by atoms with E-state index in [-0.39, 0.29) is 23.5 Å². The number of carbonyl (C=O) groups excluding carboxylic acids is 4. The van der Waals surface area contributed by atoms with Gasteiger partial charge in [0.25, 0.3) is 11.8 Å². The third-order valence-electron chi connectivity index (χ3n) is 4.68. The molecular formula is C22H19F2NO5. The van der Waals surface area contributed by atoms with E-state index in [0.717, 1.165) is 17.0 Å². The van der Waals surface area contributed by atoms with Crippen LogP contribution in [0.25, 0.3) is 0 Å². The molecule has 30 heavy (non-hydrogen) atoms. The van der Waals surface area contributed by atoms with E-state index in [1.807, 2.05) is 0 Å². The van der Waals surface area contributed by atoms with Crippen LogP contribution < -0.4 is 0 Å². The number of ketones is 1. The number of esters is 1. The van der Waals surface area contributed by atoms with E-state index in [2.05, 4.69) is 0 Å². The van der Waals surface area contributed by atoms with Gasteiger partial charge in [-0.1, -0.05) is 26.0 Å². The number of halogens is 2. The number of ether oxygens (including phenoxy) is 1. The molecule has 2 aromatic carbocycles. The van der Waals surface area contributed by atoms with E-state index >= 15 is 0 Å². The minimum absolute atomic E-state index is 0.0803. The lowest BCUT2D eigenvalue weighted by atomic mass is 10.0. The van der Waals surface area contributed by atoms with Crippen LogP contribution in [0.2, 0.25) is 0 Å². The quantitative estimate of drug-likeness (QED) is 0.393. The average molecular weight is 415 g/mol. The van der Waals surface area contributed by atoms with Crippen molar-refractivity contribution >= 4 is 23.6 Å². The van der Waals surface area contributed by atoms with Gasteiger partial charge in [-0.2, -0.15) is 0 Å². The molecule has 2 amide bonds. The van der Waals surface area contributed by atoms with Crippen molar-refractivity contribution in [1.29, 1.82) is 0 Å². The fourth-order valence-corrected chi connectivity index (χ4v) is 3.27. The normalized spacial score (nSPS) is 14.1. The highest BCUT2D eigenvalue weighted by atomic mass is 19.1. The minimum Gasteiger partial charge on any atom is -0.456 e. The molecule has 0 spiro atoms. The molecule has 0 saturated heterocycles. The fraction of sp³-hybridized carbons (Fsp3) is 0.273. The Balaban J connectivity index is 1.79. The van der Waals surface area contributed by atoms with Crippen molar-refractivity contribution in [3.8, 4) is 0 Å². The molecule has 3 rings (SSSR count). The number of imide groups is 1. The molecule has 1 heterocycles. The first kappa shape index (κ1) is 21.3. The lowest BCUT2D eigenvalue weighted by molar-refractivity contribution is -0.147. The number of Topliss-reactive ketones (excluding diaryl/α,β-unsaturated/α-hetero) is 1. The Hall–Kier alpha value is -3.42. The molecule has 1 aliphatic heterocycles. The number of amides is 2. The molecule has 0 N–H and O–H groups in total. The number of benzene rings is 2. The van der Waals surface area contributed by atoms with Gasteiger partial charge in [0.1, 0.15) is 17.7 Å². The van der Waals surface area contributed by atoms with E-state index in [1.165, 1.54) is 12.1 Å². The summed E-state index contributed by atoms with van der Waals surface area (Å²) in [5, 5.41) is 0. The Kier molecular flexibility index (Phi) is 6.05. The Labute approximate surface area is 171 Å². The molecule has 0 radical (unpaired) electrons. The molecule has 0 saturated carbocycles. The van der Waals surface area contributed by atoms with Gasteiger partial charge in [-0.25, -0.2) is 13.6 Å². The summed E-state index contributed by atoms with van der Waals surface area (Å²) in [4.78, 5) is 51.1. The van der Waals surface area contributed by atoms with Crippen LogP contribution in [0.4, 0.5) is 8.78 Å². The summed E-state index contributed by atoms with van der Waals surface area (Å²) >= 11 is 0. The van der Waals surface area contributed by atoms with Gasteiger partial charge >= 0.3 is 5.97 Å². The fourth-order valence-electron chi connectivity index (χ4n) is 3.27. The molecule has 8 heteroatoms. The second-order valence-corrected chi connectivity index (χ2v) is 7.33. The number of rotatable bonds is 7. The van der Waals surface area contributed by atoms with Gasteiger partial charge in [0, 0.05) is 0 Å². The molecule has 1 atom stereocenters. The average Bonchev–Trinajstić information content (AvgIpc) is 2.96. The van der Waals surface area contributed by atoms with Crippen molar-refractivity contribution < 1.29 is 32.7 Å². The van der Waals surface area contributed by atoms with Crippen LogP contribution in [0.1, 0.15) is 51.3 Å². The first-order chi connectivity index (χ1) is 14.2. The molecule has 6 nitrogen and oxygen atoms in total. The molecule has 0 unspecified atom stereocenters. The Morgan fingerprint density at radius 1 is 1.00 bits per heavy atom. The number of nitrogens with zero attached hydrogens (tertiary/aromatic N) is 1. The summed E-state index contributed by atoms with van der Waals surface area (Å²) in [5.41, 5.74) is -0.187. The largest absolute Gasteiger partial charge is 0.456 e. The third-order valence-corrected chi connectivity index (χ3v) is 4.68. The van der Waals surface area contributed by atoms with Crippen LogP contribution in [-0.2, 0) is 9.53 Å². The molecule has 1 aliphatic rings. The summed E-state index contributed by atoms with van der Waals surface area (Å²) in [6.07, 6.45) is 0.118. The predicted molar refractivity (Wildman–Crippen MR) is 102 cm³/mol. The Bertz CT molecular complexity index is 999. The van der Waals surface area contributed by atoms with Crippen molar-refractivity contribution in [3.05, 3.63) is 70.8 Å². The number of fused-ring (bicyclic) bond motifs is 1. The van der Waals surface area contributed by atoms with Crippen LogP contribution in [0.5, 0.6) is 0 Å². The lowest BCUT2D eigenvalue weighted by Gasteiger charge is -2.25.